The first-order valence-electron chi connectivity index (χ1n) is 10.7. The number of carbonyl (C=O) groups excluding carboxylic acids is 1. The predicted octanol–water partition coefficient (Wildman–Crippen LogP) is 4.84. The largest absolute Gasteiger partial charge is 0.485 e. The van der Waals surface area contributed by atoms with Gasteiger partial charge < -0.3 is 9.30 Å². The van der Waals surface area contributed by atoms with Gasteiger partial charge in [0.2, 0.25) is 5.78 Å². The number of hydrogen-bond donors (Lipinski definition) is 0. The maximum absolute atomic E-state index is 12.9. The van der Waals surface area contributed by atoms with Gasteiger partial charge in [-0.1, -0.05) is 17.7 Å². The minimum absolute atomic E-state index is 0.0619. The predicted molar refractivity (Wildman–Crippen MR) is 125 cm³/mol. The molecule has 32 heavy (non-hydrogen) atoms. The van der Waals surface area contributed by atoms with Crippen LogP contribution in [0.5, 0.6) is 5.75 Å². The Hall–Kier alpha value is -3.06. The van der Waals surface area contributed by atoms with Crippen molar-refractivity contribution in [2.75, 3.05) is 18.0 Å². The Morgan fingerprint density at radius 1 is 1.03 bits per heavy atom. The summed E-state index contributed by atoms with van der Waals surface area (Å²) in [6.07, 6.45) is 2.34. The zero-order chi connectivity index (χ0) is 23.0. The highest BCUT2D eigenvalue weighted by Crippen LogP contribution is 2.38. The summed E-state index contributed by atoms with van der Waals surface area (Å²) in [4.78, 5) is 12.9. The first-order valence-corrected chi connectivity index (χ1v) is 12.1. The summed E-state index contributed by atoms with van der Waals surface area (Å²) in [5.41, 5.74) is 4.32. The summed E-state index contributed by atoms with van der Waals surface area (Å²) in [6.45, 7) is 5.86. The minimum atomic E-state index is -3.66. The van der Waals surface area contributed by atoms with E-state index in [0.29, 0.717) is 23.0 Å². The highest BCUT2D eigenvalue weighted by Gasteiger charge is 2.28. The van der Waals surface area contributed by atoms with Gasteiger partial charge in [-0.05, 0) is 76.1 Å². The normalized spacial score (nSPS) is 13.8. The standard InChI is InChI=1S/C25H28N2O4S/c1-17-5-13-23(14-6-17)32(29,30)26(4)20-9-11-22(12-10-20)31-16-25(28)24-15-18(2)27(19(24)3)21-7-8-21/h5-6,9-15,21H,7-8,16H2,1-4H3. The quantitative estimate of drug-likeness (QED) is 0.459. The fourth-order valence-corrected chi connectivity index (χ4v) is 5.14. The summed E-state index contributed by atoms with van der Waals surface area (Å²) < 4.78 is 34.9. The van der Waals surface area contributed by atoms with Crippen LogP contribution in [0.3, 0.4) is 0 Å². The molecule has 0 saturated heterocycles. The van der Waals surface area contributed by atoms with Crippen molar-refractivity contribution < 1.29 is 17.9 Å². The second-order valence-electron chi connectivity index (χ2n) is 8.38. The van der Waals surface area contributed by atoms with Crippen LogP contribution in [0.2, 0.25) is 0 Å². The van der Waals surface area contributed by atoms with Crippen LogP contribution >= 0.6 is 0 Å². The molecule has 1 saturated carbocycles. The van der Waals surface area contributed by atoms with Crippen molar-refractivity contribution in [3.8, 4) is 5.75 Å². The topological polar surface area (TPSA) is 68.6 Å². The van der Waals surface area contributed by atoms with Gasteiger partial charge in [0.05, 0.1) is 10.6 Å². The van der Waals surface area contributed by atoms with Gasteiger partial charge in [0, 0.05) is 30.0 Å². The average molecular weight is 453 g/mol. The fourth-order valence-electron chi connectivity index (χ4n) is 3.94. The molecular formula is C25H28N2O4S. The van der Waals surface area contributed by atoms with Crippen LogP contribution < -0.4 is 9.04 Å². The van der Waals surface area contributed by atoms with E-state index in [4.69, 9.17) is 4.74 Å². The molecule has 0 spiro atoms. The minimum Gasteiger partial charge on any atom is -0.485 e. The summed E-state index contributed by atoms with van der Waals surface area (Å²) in [5, 5.41) is 0. The van der Waals surface area contributed by atoms with Gasteiger partial charge in [-0.25, -0.2) is 8.42 Å². The number of nitrogens with zero attached hydrogens (tertiary/aromatic N) is 2. The summed E-state index contributed by atoms with van der Waals surface area (Å²) in [6, 6.07) is 15.9. The molecule has 1 heterocycles. The second kappa shape index (κ2) is 8.47. The number of benzene rings is 2. The van der Waals surface area contributed by atoms with E-state index >= 15 is 0 Å². The molecule has 0 bridgehead atoms. The van der Waals surface area contributed by atoms with Crippen LogP contribution in [0, 0.1) is 20.8 Å². The van der Waals surface area contributed by atoms with Crippen LogP contribution in [-0.2, 0) is 10.0 Å². The van der Waals surface area contributed by atoms with E-state index in [0.717, 1.165) is 17.0 Å². The van der Waals surface area contributed by atoms with Crippen LogP contribution in [0.1, 0.15) is 46.2 Å². The zero-order valence-corrected chi connectivity index (χ0v) is 19.6. The molecule has 0 atom stereocenters. The third kappa shape index (κ3) is 4.30. The van der Waals surface area contributed by atoms with E-state index in [1.165, 1.54) is 24.2 Å². The molecule has 0 N–H and O–H groups in total. The number of aromatic nitrogens is 1. The number of carbonyl (C=O) groups is 1. The van der Waals surface area contributed by atoms with E-state index < -0.39 is 10.0 Å². The zero-order valence-electron chi connectivity index (χ0n) is 18.8. The van der Waals surface area contributed by atoms with Crippen LogP contribution in [0.15, 0.2) is 59.5 Å². The van der Waals surface area contributed by atoms with Crippen molar-refractivity contribution in [2.24, 2.45) is 0 Å². The van der Waals surface area contributed by atoms with Crippen molar-refractivity contribution in [3.05, 3.63) is 77.1 Å². The number of hydrogen-bond acceptors (Lipinski definition) is 4. The second-order valence-corrected chi connectivity index (χ2v) is 10.3. The molecule has 1 fully saturated rings. The van der Waals surface area contributed by atoms with Crippen LogP contribution in [0.25, 0.3) is 0 Å². The maximum atomic E-state index is 12.9. The first-order chi connectivity index (χ1) is 15.2. The Morgan fingerprint density at radius 3 is 2.25 bits per heavy atom. The number of ether oxygens (including phenoxy) is 1. The van der Waals surface area contributed by atoms with Crippen molar-refractivity contribution in [2.45, 2.75) is 44.6 Å². The number of rotatable bonds is 8. The Kier molecular flexibility index (Phi) is 5.86. The third-order valence-corrected chi connectivity index (χ3v) is 7.75. The molecule has 0 unspecified atom stereocenters. The van der Waals surface area contributed by atoms with E-state index in [1.807, 2.05) is 26.8 Å². The van der Waals surface area contributed by atoms with E-state index in [1.54, 1.807) is 48.5 Å². The average Bonchev–Trinajstić information content (AvgIpc) is 3.56. The molecule has 168 valence electrons. The van der Waals surface area contributed by atoms with E-state index in [-0.39, 0.29) is 17.3 Å². The molecule has 1 aromatic heterocycles. The lowest BCUT2D eigenvalue weighted by Gasteiger charge is -2.20. The Bertz CT molecular complexity index is 1240. The van der Waals surface area contributed by atoms with Gasteiger partial charge in [0.15, 0.2) is 6.61 Å². The number of anilines is 1. The van der Waals surface area contributed by atoms with Crippen molar-refractivity contribution in [1.29, 1.82) is 0 Å². The molecule has 2 aromatic carbocycles. The lowest BCUT2D eigenvalue weighted by atomic mass is 10.1. The first kappa shape index (κ1) is 22.1. The van der Waals surface area contributed by atoms with E-state index in [9.17, 15) is 13.2 Å². The Morgan fingerprint density at radius 2 is 1.66 bits per heavy atom. The number of aryl methyl sites for hydroxylation is 2. The molecule has 1 aliphatic rings. The van der Waals surface area contributed by atoms with Crippen molar-refractivity contribution in [3.63, 3.8) is 0 Å². The third-order valence-electron chi connectivity index (χ3n) is 5.95. The highest BCUT2D eigenvalue weighted by molar-refractivity contribution is 7.92. The molecule has 1 aliphatic carbocycles. The summed E-state index contributed by atoms with van der Waals surface area (Å²) in [5.74, 6) is 0.451. The lowest BCUT2D eigenvalue weighted by Crippen LogP contribution is -2.26. The highest BCUT2D eigenvalue weighted by atomic mass is 32.2. The molecule has 0 amide bonds. The maximum Gasteiger partial charge on any atom is 0.264 e. The van der Waals surface area contributed by atoms with Gasteiger partial charge in [-0.15, -0.1) is 0 Å². The lowest BCUT2D eigenvalue weighted by molar-refractivity contribution is 0.0921. The molecular weight excluding hydrogens is 424 g/mol. The van der Waals surface area contributed by atoms with Gasteiger partial charge in [0.1, 0.15) is 5.75 Å². The van der Waals surface area contributed by atoms with Gasteiger partial charge in [-0.2, -0.15) is 0 Å². The molecule has 0 aliphatic heterocycles. The Labute approximate surface area is 189 Å². The summed E-state index contributed by atoms with van der Waals surface area (Å²) >= 11 is 0. The number of ketones is 1. The summed E-state index contributed by atoms with van der Waals surface area (Å²) in [7, 11) is -2.14. The monoisotopic (exact) mass is 452 g/mol. The van der Waals surface area contributed by atoms with Crippen molar-refractivity contribution in [1.82, 2.24) is 4.57 Å². The molecule has 6 nitrogen and oxygen atoms in total. The van der Waals surface area contributed by atoms with Gasteiger partial charge in [-0.3, -0.25) is 9.10 Å². The SMILES string of the molecule is Cc1ccc(S(=O)(=O)N(C)c2ccc(OCC(=O)c3cc(C)n(C4CC4)c3C)cc2)cc1. The molecule has 0 radical (unpaired) electrons. The molecule has 3 aromatic rings. The smallest absolute Gasteiger partial charge is 0.264 e. The molecule has 4 rings (SSSR count). The fraction of sp³-hybridized carbons (Fsp3) is 0.320. The number of sulfonamides is 1. The van der Waals surface area contributed by atoms with Gasteiger partial charge in [0.25, 0.3) is 10.0 Å². The Balaban J connectivity index is 1.42. The van der Waals surface area contributed by atoms with Crippen LogP contribution in [-0.4, -0.2) is 32.4 Å². The number of Topliss-reactive ketones (excluding diaryl/α,β-unsaturated/α-hetero) is 1. The van der Waals surface area contributed by atoms with E-state index in [2.05, 4.69) is 4.57 Å². The van der Waals surface area contributed by atoms with Gasteiger partial charge >= 0.3 is 0 Å². The van der Waals surface area contributed by atoms with Crippen LogP contribution in [0.4, 0.5) is 5.69 Å². The molecule has 7 heteroatoms. The van der Waals surface area contributed by atoms with Crippen molar-refractivity contribution >= 4 is 21.5 Å².